The lowest BCUT2D eigenvalue weighted by molar-refractivity contribution is -0.131. The van der Waals surface area contributed by atoms with Gasteiger partial charge in [0, 0.05) is 24.4 Å². The minimum absolute atomic E-state index is 0.0823. The lowest BCUT2D eigenvalue weighted by Crippen LogP contribution is -2.55. The molecule has 1 atom stereocenters. The SMILES string of the molecule is O=C(O)N1CC[C@H](Oc2ccc3ncnc(Nc4ccc(OCC56CC(C5)C6)c(Cl)c4F)c3n2)C1. The number of benzene rings is 1. The molecule has 35 heavy (non-hydrogen) atoms. The molecule has 0 radical (unpaired) electrons. The number of fused-ring (bicyclic) bond motifs is 1. The van der Waals surface area contributed by atoms with Crippen molar-refractivity contribution in [2.75, 3.05) is 25.0 Å². The molecule has 0 unspecified atom stereocenters. The Morgan fingerprint density at radius 1 is 1.26 bits per heavy atom. The van der Waals surface area contributed by atoms with E-state index in [1.165, 1.54) is 30.5 Å². The molecule has 2 aromatic heterocycles. The Hall–Kier alpha value is -3.40. The number of carbonyl (C=O) groups is 1. The quantitative estimate of drug-likeness (QED) is 0.473. The van der Waals surface area contributed by atoms with Gasteiger partial charge in [0.25, 0.3) is 0 Å². The largest absolute Gasteiger partial charge is 0.491 e. The zero-order valence-corrected chi connectivity index (χ0v) is 19.5. The molecular formula is C24H23ClFN5O4. The summed E-state index contributed by atoms with van der Waals surface area (Å²) >= 11 is 6.29. The van der Waals surface area contributed by atoms with Crippen LogP contribution in [0.2, 0.25) is 5.02 Å². The molecule has 7 rings (SSSR count). The molecule has 1 amide bonds. The first-order chi connectivity index (χ1) is 16.9. The van der Waals surface area contributed by atoms with Gasteiger partial charge in [-0.1, -0.05) is 11.6 Å². The second-order valence-corrected chi connectivity index (χ2v) is 10.0. The Labute approximate surface area is 205 Å². The summed E-state index contributed by atoms with van der Waals surface area (Å²) in [6, 6.07) is 6.60. The number of carboxylic acid groups (broad SMARTS) is 1. The van der Waals surface area contributed by atoms with Gasteiger partial charge in [0.05, 0.1) is 24.4 Å². The first-order valence-corrected chi connectivity index (χ1v) is 11.9. The summed E-state index contributed by atoms with van der Waals surface area (Å²) in [5.41, 5.74) is 1.32. The second-order valence-electron chi connectivity index (χ2n) is 9.63. The third kappa shape index (κ3) is 4.05. The molecule has 3 saturated carbocycles. The molecule has 1 aliphatic heterocycles. The molecule has 9 nitrogen and oxygen atoms in total. The highest BCUT2D eigenvalue weighted by Crippen LogP contribution is 2.64. The fourth-order valence-electron chi connectivity index (χ4n) is 5.18. The maximum absolute atomic E-state index is 15.1. The lowest BCUT2D eigenvalue weighted by atomic mass is 9.45. The molecule has 4 aliphatic rings. The van der Waals surface area contributed by atoms with Crippen LogP contribution in [0.3, 0.4) is 0 Å². The number of halogens is 2. The number of rotatable bonds is 7. The Balaban J connectivity index is 1.20. The Morgan fingerprint density at radius 2 is 2.09 bits per heavy atom. The molecule has 0 spiro atoms. The summed E-state index contributed by atoms with van der Waals surface area (Å²) < 4.78 is 26.8. The fraction of sp³-hybridized carbons (Fsp3) is 0.417. The van der Waals surface area contributed by atoms with Gasteiger partial charge < -0.3 is 24.8 Å². The maximum atomic E-state index is 15.1. The van der Waals surface area contributed by atoms with E-state index in [2.05, 4.69) is 20.3 Å². The van der Waals surface area contributed by atoms with Crippen LogP contribution in [0.5, 0.6) is 11.6 Å². The predicted molar refractivity (Wildman–Crippen MR) is 126 cm³/mol. The van der Waals surface area contributed by atoms with Crippen LogP contribution in [0.15, 0.2) is 30.6 Å². The van der Waals surface area contributed by atoms with Crippen molar-refractivity contribution in [1.82, 2.24) is 19.9 Å². The summed E-state index contributed by atoms with van der Waals surface area (Å²) in [6.45, 7) is 1.24. The average Bonchev–Trinajstić information content (AvgIpc) is 3.25. The van der Waals surface area contributed by atoms with E-state index in [1.54, 1.807) is 24.3 Å². The molecule has 11 heteroatoms. The van der Waals surface area contributed by atoms with Crippen LogP contribution in [0.4, 0.5) is 20.7 Å². The van der Waals surface area contributed by atoms with E-state index in [1.807, 2.05) is 0 Å². The first-order valence-electron chi connectivity index (χ1n) is 11.5. The number of nitrogens with zero attached hydrogens (tertiary/aromatic N) is 4. The third-order valence-corrected chi connectivity index (χ3v) is 7.51. The van der Waals surface area contributed by atoms with E-state index in [0.29, 0.717) is 42.2 Å². The number of hydrogen-bond acceptors (Lipinski definition) is 7. The number of hydrogen-bond donors (Lipinski definition) is 2. The van der Waals surface area contributed by atoms with Gasteiger partial charge in [-0.3, -0.25) is 0 Å². The van der Waals surface area contributed by atoms with E-state index in [4.69, 9.17) is 26.2 Å². The van der Waals surface area contributed by atoms with Crippen molar-refractivity contribution in [3.63, 3.8) is 0 Å². The molecule has 1 aromatic carbocycles. The molecule has 182 valence electrons. The number of ether oxygens (including phenoxy) is 2. The second kappa shape index (κ2) is 8.37. The van der Waals surface area contributed by atoms with Gasteiger partial charge >= 0.3 is 6.09 Å². The third-order valence-electron chi connectivity index (χ3n) is 7.16. The molecule has 2 bridgehead atoms. The van der Waals surface area contributed by atoms with Crippen LogP contribution in [-0.4, -0.2) is 56.9 Å². The zero-order chi connectivity index (χ0) is 24.2. The van der Waals surface area contributed by atoms with Gasteiger partial charge in [0.15, 0.2) is 11.6 Å². The van der Waals surface area contributed by atoms with E-state index in [0.717, 1.165) is 5.92 Å². The standard InChI is InChI=1S/C24H23ClFN5O4/c25-19-17(34-11-24-7-13(8-24)9-24)3-1-15(20(19)26)29-22-21-16(27-12-28-22)2-4-18(30-21)35-14-5-6-31(10-14)23(32)33/h1-4,12-14H,5-11H2,(H,32,33)(H,27,28,29)/t13?,14-,24?/m0/s1. The lowest BCUT2D eigenvalue weighted by Gasteiger charge is -2.61. The zero-order valence-electron chi connectivity index (χ0n) is 18.7. The first kappa shape index (κ1) is 22.1. The van der Waals surface area contributed by atoms with Gasteiger partial charge in [-0.15, -0.1) is 0 Å². The van der Waals surface area contributed by atoms with Gasteiger partial charge in [-0.25, -0.2) is 24.1 Å². The number of amides is 1. The number of anilines is 2. The van der Waals surface area contributed by atoms with E-state index >= 15 is 4.39 Å². The summed E-state index contributed by atoms with van der Waals surface area (Å²) in [7, 11) is 0. The van der Waals surface area contributed by atoms with Crippen molar-refractivity contribution in [2.45, 2.75) is 31.8 Å². The van der Waals surface area contributed by atoms with Crippen LogP contribution >= 0.6 is 11.6 Å². The molecule has 3 aromatic rings. The highest BCUT2D eigenvalue weighted by molar-refractivity contribution is 6.32. The van der Waals surface area contributed by atoms with E-state index in [9.17, 15) is 4.79 Å². The highest BCUT2D eigenvalue weighted by Gasteiger charge is 2.57. The normalized spacial score (nSPS) is 24.6. The maximum Gasteiger partial charge on any atom is 0.407 e. The number of likely N-dealkylation sites (tertiary alicyclic amines) is 1. The van der Waals surface area contributed by atoms with Gasteiger partial charge in [0.2, 0.25) is 5.88 Å². The minimum atomic E-state index is -0.973. The van der Waals surface area contributed by atoms with E-state index in [-0.39, 0.29) is 34.6 Å². The number of pyridine rings is 1. The van der Waals surface area contributed by atoms with Crippen molar-refractivity contribution < 1.29 is 23.8 Å². The molecule has 2 N–H and O–H groups in total. The van der Waals surface area contributed by atoms with Crippen molar-refractivity contribution in [1.29, 1.82) is 0 Å². The molecule has 3 heterocycles. The van der Waals surface area contributed by atoms with Crippen LogP contribution in [0.1, 0.15) is 25.7 Å². The van der Waals surface area contributed by atoms with Crippen molar-refractivity contribution >= 4 is 40.2 Å². The van der Waals surface area contributed by atoms with Gasteiger partial charge in [-0.2, -0.15) is 0 Å². The van der Waals surface area contributed by atoms with Crippen molar-refractivity contribution in [3.8, 4) is 11.6 Å². The number of aromatic nitrogens is 3. The van der Waals surface area contributed by atoms with Crippen LogP contribution < -0.4 is 14.8 Å². The van der Waals surface area contributed by atoms with E-state index < -0.39 is 11.9 Å². The van der Waals surface area contributed by atoms with Crippen LogP contribution in [0.25, 0.3) is 11.0 Å². The molecule has 3 aliphatic carbocycles. The number of nitrogens with one attached hydrogen (secondary N) is 1. The molecule has 1 saturated heterocycles. The van der Waals surface area contributed by atoms with Gasteiger partial charge in [-0.05, 0) is 43.4 Å². The monoisotopic (exact) mass is 499 g/mol. The summed E-state index contributed by atoms with van der Waals surface area (Å²) in [5.74, 6) is 1.13. The minimum Gasteiger partial charge on any atom is -0.491 e. The topological polar surface area (TPSA) is 110 Å². The average molecular weight is 500 g/mol. The van der Waals surface area contributed by atoms with Gasteiger partial charge in [0.1, 0.15) is 28.7 Å². The Kier molecular flexibility index (Phi) is 5.28. The Bertz CT molecular complexity index is 1310. The Morgan fingerprint density at radius 3 is 2.80 bits per heavy atom. The summed E-state index contributed by atoms with van der Waals surface area (Å²) in [6.07, 6.45) is 4.21. The fourth-order valence-corrected chi connectivity index (χ4v) is 5.40. The summed E-state index contributed by atoms with van der Waals surface area (Å²) in [5, 5.41) is 12.0. The predicted octanol–water partition coefficient (Wildman–Crippen LogP) is 4.87. The van der Waals surface area contributed by atoms with Crippen LogP contribution in [0, 0.1) is 17.2 Å². The van der Waals surface area contributed by atoms with Crippen molar-refractivity contribution in [2.24, 2.45) is 11.3 Å². The van der Waals surface area contributed by atoms with Crippen LogP contribution in [-0.2, 0) is 0 Å². The summed E-state index contributed by atoms with van der Waals surface area (Å²) in [4.78, 5) is 25.4. The molecular weight excluding hydrogens is 477 g/mol. The highest BCUT2D eigenvalue weighted by atomic mass is 35.5. The smallest absolute Gasteiger partial charge is 0.407 e. The van der Waals surface area contributed by atoms with Crippen molar-refractivity contribution in [3.05, 3.63) is 41.4 Å². The molecule has 4 fully saturated rings.